The molecule has 49 heavy (non-hydrogen) atoms. The van der Waals surface area contributed by atoms with Gasteiger partial charge in [-0.25, -0.2) is 16.8 Å². The molecule has 7 aromatic rings. The molecule has 0 unspecified atom stereocenters. The van der Waals surface area contributed by atoms with E-state index < -0.39 is 20.0 Å². The van der Waals surface area contributed by atoms with Crippen LogP contribution < -0.4 is 11.5 Å². The van der Waals surface area contributed by atoms with Gasteiger partial charge in [-0.2, -0.15) is 0 Å². The van der Waals surface area contributed by atoms with Gasteiger partial charge in [0.15, 0.2) is 0 Å². The summed E-state index contributed by atoms with van der Waals surface area (Å²) >= 11 is 0. The van der Waals surface area contributed by atoms with Crippen molar-refractivity contribution in [1.82, 2.24) is 29.9 Å². The van der Waals surface area contributed by atoms with Crippen LogP contribution in [0.25, 0.3) is 31.3 Å². The Bertz CT molecular complexity index is 2170. The second kappa shape index (κ2) is 16.4. The van der Waals surface area contributed by atoms with Gasteiger partial charge in [0.25, 0.3) is 0 Å². The number of rotatable bonds is 6. The molecule has 0 radical (unpaired) electrons. The van der Waals surface area contributed by atoms with Crippen molar-refractivity contribution >= 4 is 65.1 Å². The number of nitrogen functional groups attached to an aromatic ring is 2. The number of aromatic nitrogens is 6. The number of hydrogen-bond donors (Lipinski definition) is 2. The van der Waals surface area contributed by atoms with Gasteiger partial charge in [-0.05, 0) is 85.5 Å². The van der Waals surface area contributed by atoms with Gasteiger partial charge in [0.05, 0.1) is 20.8 Å². The predicted octanol–water partition coefficient (Wildman–Crippen LogP) is 5.69. The van der Waals surface area contributed by atoms with Crippen LogP contribution in [0.15, 0.2) is 144 Å². The zero-order valence-corrected chi connectivity index (χ0v) is 27.8. The van der Waals surface area contributed by atoms with E-state index in [1.165, 1.54) is 73.3 Å². The van der Waals surface area contributed by atoms with E-state index in [1.807, 2.05) is 12.1 Å². The van der Waals surface area contributed by atoms with Crippen molar-refractivity contribution in [1.29, 1.82) is 0 Å². The Morgan fingerprint density at radius 2 is 0.755 bits per heavy atom. The molecule has 7 rings (SSSR count). The molecule has 0 fully saturated rings. The normalized spacial score (nSPS) is 10.8. The molecule has 3 aromatic carbocycles. The molecule has 0 saturated carbocycles. The Balaban J connectivity index is 0.000000165. The average Bonchev–Trinajstić information content (AvgIpc) is 3.10. The van der Waals surface area contributed by atoms with Crippen molar-refractivity contribution in [3.05, 3.63) is 144 Å². The van der Waals surface area contributed by atoms with E-state index in [1.54, 1.807) is 24.5 Å². The molecule has 4 heterocycles. The van der Waals surface area contributed by atoms with Crippen molar-refractivity contribution in [3.8, 4) is 0 Å². The van der Waals surface area contributed by atoms with Crippen LogP contribution in [0.1, 0.15) is 0 Å². The van der Waals surface area contributed by atoms with E-state index in [9.17, 15) is 16.8 Å². The minimum absolute atomic E-state index is 0. The van der Waals surface area contributed by atoms with Crippen molar-refractivity contribution < 1.29 is 33.3 Å². The van der Waals surface area contributed by atoms with E-state index in [-0.39, 0.29) is 38.2 Å². The summed E-state index contributed by atoms with van der Waals surface area (Å²) in [5.74, 6) is -0.186. The number of fused-ring (bicyclic) bond motifs is 3. The van der Waals surface area contributed by atoms with E-state index >= 15 is 0 Å². The van der Waals surface area contributed by atoms with Crippen LogP contribution in [0.5, 0.6) is 0 Å². The van der Waals surface area contributed by atoms with Gasteiger partial charge in [0.1, 0.15) is 0 Å². The topological polar surface area (TPSA) is 226 Å². The van der Waals surface area contributed by atoms with Gasteiger partial charge in [-0.3, -0.25) is 19.4 Å². The van der Waals surface area contributed by atoms with E-state index in [0.29, 0.717) is 11.4 Å². The number of benzene rings is 3. The van der Waals surface area contributed by atoms with Crippen molar-refractivity contribution in [2.75, 3.05) is 11.5 Å². The van der Waals surface area contributed by atoms with Crippen LogP contribution >= 0.6 is 0 Å². The van der Waals surface area contributed by atoms with Crippen LogP contribution in [0, 0.1) is 0 Å². The Morgan fingerprint density at radius 1 is 0.429 bits per heavy atom. The first kappa shape index (κ1) is 36.1. The number of pyridine rings is 2. The largest absolute Gasteiger partial charge is 2.00 e. The fraction of sp³-hybridized carbons (Fsp3) is 0. The Kier molecular flexibility index (Phi) is 12.1. The second-order valence-corrected chi connectivity index (χ2v) is 12.8. The Labute approximate surface area is 292 Å². The fourth-order valence-corrected chi connectivity index (χ4v) is 5.75. The summed E-state index contributed by atoms with van der Waals surface area (Å²) < 4.78 is 54.3. The van der Waals surface area contributed by atoms with E-state index in [2.05, 4.69) is 63.6 Å². The smallest absolute Gasteiger partial charge is 0.399 e. The third-order valence-corrected chi connectivity index (χ3v) is 8.75. The van der Waals surface area contributed by atoms with Crippen molar-refractivity contribution in [3.63, 3.8) is 0 Å². The molecule has 0 amide bonds. The van der Waals surface area contributed by atoms with Gasteiger partial charge in [0.2, 0.25) is 20.0 Å². The number of sulfonamides is 2. The molecule has 0 aliphatic carbocycles. The molecule has 14 nitrogen and oxygen atoms in total. The molecule has 0 aliphatic rings. The molecule has 0 aliphatic heterocycles. The Hall–Kier alpha value is -5.77. The summed E-state index contributed by atoms with van der Waals surface area (Å²) in [6, 6.07) is 26.8. The molecular weight excluding hydrogens is 711 g/mol. The van der Waals surface area contributed by atoms with Gasteiger partial charge < -0.3 is 31.4 Å². The minimum atomic E-state index is -3.79. The third-order valence-electron chi connectivity index (χ3n) is 6.21. The maximum absolute atomic E-state index is 11.8. The van der Waals surface area contributed by atoms with E-state index in [0.717, 1.165) is 21.8 Å². The molecular formula is C32H26N10NiO4S2. The van der Waals surface area contributed by atoms with Gasteiger partial charge in [-0.1, -0.05) is 36.4 Å². The summed E-state index contributed by atoms with van der Waals surface area (Å²) in [5.41, 5.74) is 13.9. The minimum Gasteiger partial charge on any atom is -0.399 e. The predicted molar refractivity (Wildman–Crippen MR) is 183 cm³/mol. The van der Waals surface area contributed by atoms with Crippen molar-refractivity contribution in [2.45, 2.75) is 9.79 Å². The fourth-order valence-electron chi connectivity index (χ4n) is 3.96. The summed E-state index contributed by atoms with van der Waals surface area (Å²) in [7, 11) is -7.57. The molecule has 4 N–H and O–H groups in total. The van der Waals surface area contributed by atoms with Crippen molar-refractivity contribution in [2.24, 2.45) is 0 Å². The van der Waals surface area contributed by atoms with Gasteiger partial charge in [-0.15, -0.1) is 0 Å². The Morgan fingerprint density at radius 3 is 1.10 bits per heavy atom. The van der Waals surface area contributed by atoms with Gasteiger partial charge in [0, 0.05) is 46.4 Å². The third kappa shape index (κ3) is 9.87. The summed E-state index contributed by atoms with van der Waals surface area (Å²) in [4.78, 5) is 23.7. The van der Waals surface area contributed by atoms with Crippen LogP contribution in [-0.4, -0.2) is 46.7 Å². The maximum atomic E-state index is 11.8. The number of anilines is 2. The number of nitrogens with zero attached hydrogens (tertiary/aromatic N) is 8. The first-order valence-corrected chi connectivity index (χ1v) is 16.8. The molecule has 0 spiro atoms. The average molecular weight is 737 g/mol. The SMILES string of the molecule is Nc1ccc(S(=O)(=O)[N-]c2ncccn2)cc1.Nc1ccc(S(=O)(=O)[N-]c2ncccn2)cc1.[Ni+2].c1cnc2c(c1)ccc1cccnc12. The summed E-state index contributed by atoms with van der Waals surface area (Å²) in [6.45, 7) is 0. The summed E-state index contributed by atoms with van der Waals surface area (Å²) in [6.07, 6.45) is 9.29. The quantitative estimate of drug-likeness (QED) is 0.119. The van der Waals surface area contributed by atoms with Gasteiger partial charge >= 0.3 is 16.5 Å². The van der Waals surface area contributed by atoms with Crippen LogP contribution in [0.4, 0.5) is 23.3 Å². The first-order chi connectivity index (χ1) is 23.1. The van der Waals surface area contributed by atoms with Crippen LogP contribution in [-0.2, 0) is 36.5 Å². The second-order valence-electron chi connectivity index (χ2n) is 9.58. The van der Waals surface area contributed by atoms with Crippen LogP contribution in [0.3, 0.4) is 0 Å². The first-order valence-electron chi connectivity index (χ1n) is 13.9. The summed E-state index contributed by atoms with van der Waals surface area (Å²) in [5, 5.41) is 2.28. The number of nitrogens with two attached hydrogens (primary N) is 2. The molecule has 0 saturated heterocycles. The molecule has 250 valence electrons. The van der Waals surface area contributed by atoms with E-state index in [4.69, 9.17) is 11.5 Å². The zero-order valence-electron chi connectivity index (χ0n) is 25.2. The molecule has 17 heteroatoms. The molecule has 4 aromatic heterocycles. The molecule has 0 atom stereocenters. The zero-order chi connectivity index (χ0) is 34.0. The molecule has 0 bridgehead atoms. The number of hydrogen-bond acceptors (Lipinski definition) is 12. The monoisotopic (exact) mass is 736 g/mol. The van der Waals surface area contributed by atoms with Crippen LogP contribution in [0.2, 0.25) is 0 Å². The maximum Gasteiger partial charge on any atom is 2.00 e. The standard InChI is InChI=1S/C12H8N2.2C10H9N4O2S.Ni/c1-3-9-5-6-10-4-2-8-14-12(10)11(9)13-7-1;2*11-8-2-4-9(5-3-8)17(15,16)14-10-12-6-1-7-13-10;/h1-8H;2*1-7H,11H2;/q;2*-1;+2.